The van der Waals surface area contributed by atoms with E-state index in [0.717, 1.165) is 16.9 Å². The van der Waals surface area contributed by atoms with E-state index < -0.39 is 6.04 Å². The van der Waals surface area contributed by atoms with Crippen molar-refractivity contribution in [3.63, 3.8) is 0 Å². The number of amides is 2. The summed E-state index contributed by atoms with van der Waals surface area (Å²) in [5.74, 6) is -0.468. The minimum atomic E-state index is -0.607. The highest BCUT2D eigenvalue weighted by molar-refractivity contribution is 6.31. The third-order valence-electron chi connectivity index (χ3n) is 3.76. The predicted octanol–water partition coefficient (Wildman–Crippen LogP) is 3.41. The van der Waals surface area contributed by atoms with Crippen LogP contribution in [-0.2, 0) is 9.59 Å². The Morgan fingerprint density at radius 2 is 1.91 bits per heavy atom. The van der Waals surface area contributed by atoms with Gasteiger partial charge in [-0.3, -0.25) is 9.59 Å². The summed E-state index contributed by atoms with van der Waals surface area (Å²) in [6.45, 7) is 1.83. The van der Waals surface area contributed by atoms with Crippen molar-refractivity contribution in [3.8, 4) is 0 Å². The summed E-state index contributed by atoms with van der Waals surface area (Å²) in [5, 5.41) is 9.28. The van der Waals surface area contributed by atoms with Crippen molar-refractivity contribution in [3.05, 3.63) is 53.1 Å². The van der Waals surface area contributed by atoms with E-state index in [1.165, 1.54) is 0 Å². The summed E-state index contributed by atoms with van der Waals surface area (Å²) < 4.78 is 0. The molecule has 5 nitrogen and oxygen atoms in total. The maximum Gasteiger partial charge on any atom is 0.247 e. The number of anilines is 3. The molecule has 0 saturated heterocycles. The van der Waals surface area contributed by atoms with E-state index in [1.54, 1.807) is 18.2 Å². The molecule has 1 aliphatic heterocycles. The highest BCUT2D eigenvalue weighted by Crippen LogP contribution is 2.27. The van der Waals surface area contributed by atoms with Gasteiger partial charge in [-0.1, -0.05) is 29.8 Å². The van der Waals surface area contributed by atoms with Gasteiger partial charge in [-0.05, 0) is 36.8 Å². The number of fused-ring (bicyclic) bond motifs is 1. The van der Waals surface area contributed by atoms with Crippen LogP contribution in [0.2, 0.25) is 5.02 Å². The average Bonchev–Trinajstić information content (AvgIpc) is 2.52. The Labute approximate surface area is 139 Å². The lowest BCUT2D eigenvalue weighted by molar-refractivity contribution is -0.122. The SMILES string of the molecule is Cc1c(Cl)cccc1NC(=O)CC1Nc2ccccc2NC1=O. The number of carbonyl (C=O) groups excluding carboxylic acids is 2. The summed E-state index contributed by atoms with van der Waals surface area (Å²) in [6.07, 6.45) is 0.0339. The van der Waals surface area contributed by atoms with Gasteiger partial charge in [0.15, 0.2) is 0 Å². The molecule has 2 amide bonds. The minimum absolute atomic E-state index is 0.0339. The highest BCUT2D eigenvalue weighted by Gasteiger charge is 2.27. The van der Waals surface area contributed by atoms with E-state index in [0.29, 0.717) is 10.7 Å². The molecule has 2 aromatic rings. The summed E-state index contributed by atoms with van der Waals surface area (Å²) >= 11 is 6.04. The zero-order valence-electron chi connectivity index (χ0n) is 12.5. The smallest absolute Gasteiger partial charge is 0.247 e. The van der Waals surface area contributed by atoms with E-state index in [-0.39, 0.29) is 18.2 Å². The van der Waals surface area contributed by atoms with E-state index in [2.05, 4.69) is 16.0 Å². The summed E-state index contributed by atoms with van der Waals surface area (Å²) in [5.41, 5.74) is 2.98. The molecule has 1 unspecified atom stereocenters. The first-order chi connectivity index (χ1) is 11.0. The van der Waals surface area contributed by atoms with Crippen molar-refractivity contribution < 1.29 is 9.59 Å². The lowest BCUT2D eigenvalue weighted by atomic mass is 10.1. The molecule has 0 aliphatic carbocycles. The van der Waals surface area contributed by atoms with Gasteiger partial charge in [0.2, 0.25) is 11.8 Å². The van der Waals surface area contributed by atoms with Gasteiger partial charge in [-0.15, -0.1) is 0 Å². The van der Waals surface area contributed by atoms with Crippen molar-refractivity contribution in [1.82, 2.24) is 0 Å². The molecule has 3 rings (SSSR count). The molecular formula is C17H16ClN3O2. The van der Waals surface area contributed by atoms with Crippen molar-refractivity contribution in [2.24, 2.45) is 0 Å². The van der Waals surface area contributed by atoms with Crippen LogP contribution in [0.25, 0.3) is 0 Å². The van der Waals surface area contributed by atoms with Crippen LogP contribution in [0.15, 0.2) is 42.5 Å². The molecule has 0 spiro atoms. The van der Waals surface area contributed by atoms with Crippen LogP contribution in [0.5, 0.6) is 0 Å². The molecule has 0 fully saturated rings. The number of para-hydroxylation sites is 2. The second-order valence-corrected chi connectivity index (χ2v) is 5.80. The Hall–Kier alpha value is -2.53. The van der Waals surface area contributed by atoms with Gasteiger partial charge in [0, 0.05) is 10.7 Å². The van der Waals surface area contributed by atoms with E-state index >= 15 is 0 Å². The number of hydrogen-bond acceptors (Lipinski definition) is 3. The van der Waals surface area contributed by atoms with E-state index in [1.807, 2.05) is 31.2 Å². The molecule has 0 saturated carbocycles. The summed E-state index contributed by atoms with van der Waals surface area (Å²) in [7, 11) is 0. The Balaban J connectivity index is 1.69. The minimum Gasteiger partial charge on any atom is -0.372 e. The molecule has 118 valence electrons. The van der Waals surface area contributed by atoms with Crippen LogP contribution in [0, 0.1) is 6.92 Å². The quantitative estimate of drug-likeness (QED) is 0.808. The van der Waals surface area contributed by atoms with Gasteiger partial charge >= 0.3 is 0 Å². The highest BCUT2D eigenvalue weighted by atomic mass is 35.5. The number of carbonyl (C=O) groups is 2. The maximum absolute atomic E-state index is 12.2. The molecule has 23 heavy (non-hydrogen) atoms. The molecule has 3 N–H and O–H groups in total. The fourth-order valence-electron chi connectivity index (χ4n) is 2.46. The van der Waals surface area contributed by atoms with Crippen molar-refractivity contribution in [2.75, 3.05) is 16.0 Å². The fourth-order valence-corrected chi connectivity index (χ4v) is 2.64. The third kappa shape index (κ3) is 3.29. The Morgan fingerprint density at radius 3 is 2.70 bits per heavy atom. The number of halogens is 1. The summed E-state index contributed by atoms with van der Waals surface area (Å²) in [6, 6.07) is 12.1. The van der Waals surface area contributed by atoms with Gasteiger partial charge < -0.3 is 16.0 Å². The molecule has 0 radical (unpaired) electrons. The second kappa shape index (κ2) is 6.30. The molecule has 1 heterocycles. The third-order valence-corrected chi connectivity index (χ3v) is 4.17. The molecule has 2 aromatic carbocycles. The van der Waals surface area contributed by atoms with Crippen LogP contribution in [0.3, 0.4) is 0 Å². The lowest BCUT2D eigenvalue weighted by Crippen LogP contribution is -2.41. The normalized spacial score (nSPS) is 16.1. The van der Waals surface area contributed by atoms with E-state index in [9.17, 15) is 9.59 Å². The molecule has 0 bridgehead atoms. The number of nitrogens with one attached hydrogen (secondary N) is 3. The second-order valence-electron chi connectivity index (χ2n) is 5.40. The van der Waals surface area contributed by atoms with Gasteiger partial charge in [-0.25, -0.2) is 0 Å². The number of rotatable bonds is 3. The molecular weight excluding hydrogens is 314 g/mol. The van der Waals surface area contributed by atoms with Crippen LogP contribution in [0.4, 0.5) is 17.1 Å². The van der Waals surface area contributed by atoms with Crippen LogP contribution < -0.4 is 16.0 Å². The first kappa shape index (κ1) is 15.4. The molecule has 1 aliphatic rings. The monoisotopic (exact) mass is 329 g/mol. The van der Waals surface area contributed by atoms with Gasteiger partial charge in [0.25, 0.3) is 0 Å². The molecule has 0 aromatic heterocycles. The number of hydrogen-bond donors (Lipinski definition) is 3. The topological polar surface area (TPSA) is 70.2 Å². The van der Waals surface area contributed by atoms with Gasteiger partial charge in [0.05, 0.1) is 17.8 Å². The standard InChI is InChI=1S/C17H16ClN3O2/c1-10-11(18)5-4-8-12(10)20-16(22)9-15-17(23)21-14-7-3-2-6-13(14)19-15/h2-8,15,19H,9H2,1H3,(H,20,22)(H,21,23). The van der Waals surface area contributed by atoms with Crippen LogP contribution >= 0.6 is 11.6 Å². The Morgan fingerprint density at radius 1 is 1.17 bits per heavy atom. The first-order valence-corrected chi connectivity index (χ1v) is 7.64. The molecule has 6 heteroatoms. The first-order valence-electron chi connectivity index (χ1n) is 7.26. The van der Waals surface area contributed by atoms with E-state index in [4.69, 9.17) is 11.6 Å². The predicted molar refractivity (Wildman–Crippen MR) is 91.9 cm³/mol. The zero-order valence-corrected chi connectivity index (χ0v) is 13.3. The number of benzene rings is 2. The Bertz CT molecular complexity index is 776. The largest absolute Gasteiger partial charge is 0.372 e. The van der Waals surface area contributed by atoms with Crippen molar-refractivity contribution in [1.29, 1.82) is 0 Å². The van der Waals surface area contributed by atoms with Crippen LogP contribution in [0.1, 0.15) is 12.0 Å². The Kier molecular flexibility index (Phi) is 4.21. The van der Waals surface area contributed by atoms with Crippen LogP contribution in [-0.4, -0.2) is 17.9 Å². The van der Waals surface area contributed by atoms with Gasteiger partial charge in [-0.2, -0.15) is 0 Å². The fraction of sp³-hybridized carbons (Fsp3) is 0.176. The molecule has 1 atom stereocenters. The summed E-state index contributed by atoms with van der Waals surface area (Å²) in [4.78, 5) is 24.3. The van der Waals surface area contributed by atoms with Gasteiger partial charge in [0.1, 0.15) is 6.04 Å². The maximum atomic E-state index is 12.2. The zero-order chi connectivity index (χ0) is 16.4. The van der Waals surface area contributed by atoms with Crippen molar-refractivity contribution in [2.45, 2.75) is 19.4 Å². The average molecular weight is 330 g/mol. The van der Waals surface area contributed by atoms with Crippen molar-refractivity contribution >= 4 is 40.5 Å². The lowest BCUT2D eigenvalue weighted by Gasteiger charge is -2.26.